The van der Waals surface area contributed by atoms with Crippen LogP contribution in [0.1, 0.15) is 22.8 Å². The number of hydrogen-bond acceptors (Lipinski definition) is 4. The van der Waals surface area contributed by atoms with E-state index in [0.29, 0.717) is 11.3 Å². The number of hydrogen-bond donors (Lipinski definition) is 1. The summed E-state index contributed by atoms with van der Waals surface area (Å²) in [7, 11) is 1.35. The first kappa shape index (κ1) is 23.2. The van der Waals surface area contributed by atoms with Gasteiger partial charge in [-0.3, -0.25) is 14.4 Å². The van der Waals surface area contributed by atoms with Crippen LogP contribution in [0.15, 0.2) is 42.5 Å². The van der Waals surface area contributed by atoms with E-state index < -0.39 is 35.1 Å². The number of likely N-dealkylation sites (N-methyl/N-ethyl adjacent to an activating group) is 1. The number of benzene rings is 2. The van der Waals surface area contributed by atoms with Crippen molar-refractivity contribution in [2.24, 2.45) is 0 Å². The van der Waals surface area contributed by atoms with E-state index in [-0.39, 0.29) is 18.1 Å². The Balaban J connectivity index is 1.89. The molecule has 0 aliphatic heterocycles. The van der Waals surface area contributed by atoms with E-state index in [0.717, 1.165) is 17.0 Å². The van der Waals surface area contributed by atoms with Crippen LogP contribution in [0.3, 0.4) is 0 Å². The fraction of sp³-hybridized carbons (Fsp3) is 0.250. The predicted octanol–water partition coefficient (Wildman–Crippen LogP) is 4.04. The van der Waals surface area contributed by atoms with Crippen LogP contribution < -0.4 is 10.1 Å². The Labute approximate surface area is 175 Å². The zero-order valence-corrected chi connectivity index (χ0v) is 16.8. The fourth-order valence-electron chi connectivity index (χ4n) is 2.37. The predicted molar refractivity (Wildman–Crippen MR) is 105 cm³/mol. The monoisotopic (exact) mass is 442 g/mol. The average molecular weight is 443 g/mol. The van der Waals surface area contributed by atoms with Crippen molar-refractivity contribution >= 4 is 34.9 Å². The van der Waals surface area contributed by atoms with Gasteiger partial charge in [-0.15, -0.1) is 0 Å². The zero-order valence-electron chi connectivity index (χ0n) is 16.0. The summed E-state index contributed by atoms with van der Waals surface area (Å²) in [6, 6.07) is 9.16. The molecule has 0 spiro atoms. The first-order chi connectivity index (χ1) is 14.0. The van der Waals surface area contributed by atoms with E-state index >= 15 is 0 Å². The molecule has 30 heavy (non-hydrogen) atoms. The van der Waals surface area contributed by atoms with Crippen LogP contribution in [0, 0.1) is 0 Å². The molecule has 2 rings (SSSR count). The van der Waals surface area contributed by atoms with E-state index in [1.807, 2.05) is 0 Å². The van der Waals surface area contributed by atoms with Crippen LogP contribution in [0.25, 0.3) is 0 Å². The van der Waals surface area contributed by atoms with E-state index in [1.165, 1.54) is 32.2 Å². The molecule has 0 aromatic heterocycles. The van der Waals surface area contributed by atoms with Gasteiger partial charge in [0.1, 0.15) is 5.75 Å². The standard InChI is InChI=1S/C20H18ClF3N2O4/c1-12(27)13-3-6-15(7-4-13)30-11-19(29)26(2)10-18(28)25-14-5-8-17(21)16(9-14)20(22,23)24/h3-9H,10-11H2,1-2H3,(H,25,28). The Hall–Kier alpha value is -3.07. The van der Waals surface area contributed by atoms with Crippen molar-refractivity contribution in [3.05, 3.63) is 58.6 Å². The Bertz CT molecular complexity index is 946. The first-order valence-electron chi connectivity index (χ1n) is 8.61. The first-order valence-corrected chi connectivity index (χ1v) is 8.99. The second kappa shape index (κ2) is 9.62. The lowest BCUT2D eigenvalue weighted by Gasteiger charge is -2.18. The normalized spacial score (nSPS) is 11.0. The number of carbonyl (C=O) groups is 3. The van der Waals surface area contributed by atoms with Gasteiger partial charge in [0.2, 0.25) is 5.91 Å². The van der Waals surface area contributed by atoms with Gasteiger partial charge in [0.05, 0.1) is 17.1 Å². The van der Waals surface area contributed by atoms with Gasteiger partial charge >= 0.3 is 6.18 Å². The molecule has 10 heteroatoms. The van der Waals surface area contributed by atoms with Crippen LogP contribution in [0.5, 0.6) is 5.75 Å². The topological polar surface area (TPSA) is 75.7 Å². The molecular formula is C20H18ClF3N2O4. The molecule has 1 N–H and O–H groups in total. The number of carbonyl (C=O) groups excluding carboxylic acids is 3. The summed E-state index contributed by atoms with van der Waals surface area (Å²) in [5.41, 5.74) is -0.673. The number of ketones is 1. The van der Waals surface area contributed by atoms with Gasteiger partial charge in [-0.25, -0.2) is 0 Å². The molecule has 0 saturated carbocycles. The highest BCUT2D eigenvalue weighted by molar-refractivity contribution is 6.31. The van der Waals surface area contributed by atoms with Crippen molar-refractivity contribution in [1.82, 2.24) is 4.90 Å². The molecule has 0 atom stereocenters. The van der Waals surface area contributed by atoms with Crippen molar-refractivity contribution in [3.8, 4) is 5.75 Å². The lowest BCUT2D eigenvalue weighted by Crippen LogP contribution is -2.37. The molecule has 0 fully saturated rings. The van der Waals surface area contributed by atoms with Crippen molar-refractivity contribution < 1.29 is 32.3 Å². The average Bonchev–Trinajstić information content (AvgIpc) is 2.66. The Morgan fingerprint density at radius 2 is 1.73 bits per heavy atom. The third kappa shape index (κ3) is 6.48. The maximum atomic E-state index is 12.9. The molecular weight excluding hydrogens is 425 g/mol. The number of nitrogens with zero attached hydrogens (tertiary/aromatic N) is 1. The highest BCUT2D eigenvalue weighted by Crippen LogP contribution is 2.36. The molecule has 0 aliphatic rings. The second-order valence-corrected chi connectivity index (χ2v) is 6.77. The summed E-state index contributed by atoms with van der Waals surface area (Å²) in [5, 5.41) is 1.81. The number of alkyl halides is 3. The van der Waals surface area contributed by atoms with E-state index in [4.69, 9.17) is 16.3 Å². The maximum absolute atomic E-state index is 12.9. The van der Waals surface area contributed by atoms with Crippen molar-refractivity contribution in [3.63, 3.8) is 0 Å². The minimum atomic E-state index is -4.66. The van der Waals surface area contributed by atoms with Crippen molar-refractivity contribution in [1.29, 1.82) is 0 Å². The summed E-state index contributed by atoms with van der Waals surface area (Å²) in [6.07, 6.45) is -4.66. The zero-order chi connectivity index (χ0) is 22.5. The van der Waals surface area contributed by atoms with Gasteiger partial charge in [-0.2, -0.15) is 13.2 Å². The summed E-state index contributed by atoms with van der Waals surface area (Å²) in [5.74, 6) is -0.946. The summed E-state index contributed by atoms with van der Waals surface area (Å²) in [6.45, 7) is 0.672. The lowest BCUT2D eigenvalue weighted by molar-refractivity contribution is -0.137. The SMILES string of the molecule is CC(=O)c1ccc(OCC(=O)N(C)CC(=O)Nc2ccc(Cl)c(C(F)(F)F)c2)cc1. The smallest absolute Gasteiger partial charge is 0.417 e. The minimum Gasteiger partial charge on any atom is -0.484 e. The van der Waals surface area contributed by atoms with Gasteiger partial charge in [0, 0.05) is 18.3 Å². The number of anilines is 1. The number of rotatable bonds is 7. The molecule has 2 aromatic rings. The highest BCUT2D eigenvalue weighted by atomic mass is 35.5. The van der Waals surface area contributed by atoms with Gasteiger partial charge < -0.3 is 15.0 Å². The largest absolute Gasteiger partial charge is 0.484 e. The summed E-state index contributed by atoms with van der Waals surface area (Å²) < 4.78 is 44.0. The molecule has 0 saturated heterocycles. The van der Waals surface area contributed by atoms with Gasteiger partial charge in [-0.1, -0.05) is 11.6 Å². The molecule has 2 aromatic carbocycles. The van der Waals surface area contributed by atoms with E-state index in [1.54, 1.807) is 12.1 Å². The Morgan fingerprint density at radius 3 is 2.30 bits per heavy atom. The molecule has 6 nitrogen and oxygen atoms in total. The maximum Gasteiger partial charge on any atom is 0.417 e. The number of Topliss-reactive ketones (excluding diaryl/α,β-unsaturated/α-hetero) is 1. The summed E-state index contributed by atoms with van der Waals surface area (Å²) in [4.78, 5) is 36.5. The minimum absolute atomic E-state index is 0.0978. The molecule has 0 unspecified atom stereocenters. The van der Waals surface area contributed by atoms with E-state index in [9.17, 15) is 27.6 Å². The third-order valence-electron chi connectivity index (χ3n) is 3.99. The van der Waals surface area contributed by atoms with Gasteiger partial charge in [-0.05, 0) is 49.4 Å². The van der Waals surface area contributed by atoms with Gasteiger partial charge in [0.25, 0.3) is 5.91 Å². The summed E-state index contributed by atoms with van der Waals surface area (Å²) >= 11 is 5.54. The molecule has 2 amide bonds. The molecule has 0 aliphatic carbocycles. The van der Waals surface area contributed by atoms with Crippen LogP contribution in [0.2, 0.25) is 5.02 Å². The Kier molecular flexibility index (Phi) is 7.44. The highest BCUT2D eigenvalue weighted by Gasteiger charge is 2.33. The van der Waals surface area contributed by atoms with Crippen LogP contribution in [-0.4, -0.2) is 42.7 Å². The number of amides is 2. The Morgan fingerprint density at radius 1 is 1.10 bits per heavy atom. The number of ether oxygens (including phenoxy) is 1. The van der Waals surface area contributed by atoms with Crippen molar-refractivity contribution in [2.45, 2.75) is 13.1 Å². The molecule has 0 bridgehead atoms. The van der Waals surface area contributed by atoms with E-state index in [2.05, 4.69) is 5.32 Å². The molecule has 0 heterocycles. The molecule has 160 valence electrons. The number of halogens is 4. The van der Waals surface area contributed by atoms with Gasteiger partial charge in [0.15, 0.2) is 12.4 Å². The van der Waals surface area contributed by atoms with Crippen LogP contribution >= 0.6 is 11.6 Å². The second-order valence-electron chi connectivity index (χ2n) is 6.36. The van der Waals surface area contributed by atoms with Crippen molar-refractivity contribution in [2.75, 3.05) is 25.5 Å². The fourth-order valence-corrected chi connectivity index (χ4v) is 2.59. The third-order valence-corrected chi connectivity index (χ3v) is 4.31. The van der Waals surface area contributed by atoms with Crippen LogP contribution in [0.4, 0.5) is 18.9 Å². The van der Waals surface area contributed by atoms with Crippen LogP contribution in [-0.2, 0) is 15.8 Å². The lowest BCUT2D eigenvalue weighted by atomic mass is 10.1. The number of nitrogens with one attached hydrogen (secondary N) is 1. The molecule has 0 radical (unpaired) electrons. The quantitative estimate of drug-likeness (QED) is 0.657.